The van der Waals surface area contributed by atoms with Crippen LogP contribution in [0.4, 0.5) is 0 Å². The lowest BCUT2D eigenvalue weighted by Crippen LogP contribution is -2.03. The minimum atomic E-state index is 0.371. The van der Waals surface area contributed by atoms with Gasteiger partial charge in [-0.3, -0.25) is 4.79 Å². The van der Waals surface area contributed by atoms with Gasteiger partial charge in [0.1, 0.15) is 12.0 Å². The molecule has 1 aliphatic rings. The highest BCUT2D eigenvalue weighted by molar-refractivity contribution is 5.77. The van der Waals surface area contributed by atoms with Gasteiger partial charge in [-0.15, -0.1) is 0 Å². The minimum Gasteiger partial charge on any atom is -0.490 e. The average molecular weight is 191 g/mol. The molecule has 3 nitrogen and oxygen atoms in total. The number of benzene rings is 1. The van der Waals surface area contributed by atoms with E-state index in [1.54, 1.807) is 6.07 Å². The van der Waals surface area contributed by atoms with Crippen molar-refractivity contribution in [1.29, 1.82) is 0 Å². The van der Waals surface area contributed by atoms with Gasteiger partial charge in [0, 0.05) is 12.1 Å². The summed E-state index contributed by atoms with van der Waals surface area (Å²) in [6, 6.07) is 5.43. The van der Waals surface area contributed by atoms with E-state index in [1.807, 2.05) is 12.1 Å². The highest BCUT2D eigenvalue weighted by Gasteiger charge is 2.23. The van der Waals surface area contributed by atoms with Gasteiger partial charge >= 0.3 is 0 Å². The van der Waals surface area contributed by atoms with Crippen LogP contribution in [-0.2, 0) is 6.54 Å². The van der Waals surface area contributed by atoms with Gasteiger partial charge < -0.3 is 10.5 Å². The monoisotopic (exact) mass is 191 g/mol. The summed E-state index contributed by atoms with van der Waals surface area (Å²) in [4.78, 5) is 10.6. The van der Waals surface area contributed by atoms with Crippen molar-refractivity contribution < 1.29 is 9.53 Å². The van der Waals surface area contributed by atoms with Crippen molar-refractivity contribution >= 4 is 6.29 Å². The number of ether oxygens (including phenoxy) is 1. The van der Waals surface area contributed by atoms with Crippen LogP contribution in [0.15, 0.2) is 18.2 Å². The van der Waals surface area contributed by atoms with Crippen LogP contribution in [0.5, 0.6) is 5.75 Å². The molecule has 0 atom stereocenters. The first-order valence-corrected chi connectivity index (χ1v) is 4.78. The summed E-state index contributed by atoms with van der Waals surface area (Å²) in [6.45, 7) is 0.371. The molecular weight excluding hydrogens is 178 g/mol. The molecule has 0 radical (unpaired) electrons. The number of nitrogens with two attached hydrogens (primary N) is 1. The van der Waals surface area contributed by atoms with E-state index in [1.165, 1.54) is 0 Å². The highest BCUT2D eigenvalue weighted by atomic mass is 16.5. The van der Waals surface area contributed by atoms with Crippen LogP contribution in [0, 0.1) is 0 Å². The molecule has 1 aliphatic carbocycles. The lowest BCUT2D eigenvalue weighted by Gasteiger charge is -2.07. The van der Waals surface area contributed by atoms with Crippen LogP contribution in [0.25, 0.3) is 0 Å². The first-order chi connectivity index (χ1) is 6.83. The Bertz CT molecular complexity index is 345. The molecule has 0 bridgehead atoms. The van der Waals surface area contributed by atoms with Crippen molar-refractivity contribution in [3.8, 4) is 5.75 Å². The van der Waals surface area contributed by atoms with Crippen molar-refractivity contribution in [1.82, 2.24) is 0 Å². The third kappa shape index (κ3) is 1.93. The Labute approximate surface area is 82.9 Å². The number of aldehydes is 1. The molecule has 3 heteroatoms. The summed E-state index contributed by atoms with van der Waals surface area (Å²) < 4.78 is 5.60. The molecule has 2 N–H and O–H groups in total. The zero-order chi connectivity index (χ0) is 9.97. The van der Waals surface area contributed by atoms with Gasteiger partial charge in [0.25, 0.3) is 0 Å². The van der Waals surface area contributed by atoms with E-state index in [0.29, 0.717) is 18.2 Å². The van der Waals surface area contributed by atoms with Crippen LogP contribution in [-0.4, -0.2) is 12.4 Å². The maximum atomic E-state index is 10.6. The normalized spacial score (nSPS) is 15.2. The van der Waals surface area contributed by atoms with Crippen molar-refractivity contribution in [2.24, 2.45) is 5.73 Å². The highest BCUT2D eigenvalue weighted by Crippen LogP contribution is 2.27. The van der Waals surface area contributed by atoms with Crippen molar-refractivity contribution in [3.05, 3.63) is 29.3 Å². The Morgan fingerprint density at radius 1 is 1.50 bits per heavy atom. The van der Waals surface area contributed by atoms with Crippen LogP contribution in [0.2, 0.25) is 0 Å². The average Bonchev–Trinajstić information content (AvgIpc) is 3.01. The molecule has 14 heavy (non-hydrogen) atoms. The second kappa shape index (κ2) is 3.80. The molecule has 0 amide bonds. The molecule has 1 fully saturated rings. The molecule has 0 aliphatic heterocycles. The summed E-state index contributed by atoms with van der Waals surface area (Å²) in [6.07, 6.45) is 3.46. The summed E-state index contributed by atoms with van der Waals surface area (Å²) in [7, 11) is 0. The first kappa shape index (κ1) is 9.21. The number of hydrogen-bond donors (Lipinski definition) is 1. The Kier molecular flexibility index (Phi) is 2.50. The van der Waals surface area contributed by atoms with Crippen molar-refractivity contribution in [2.75, 3.05) is 0 Å². The predicted octanol–water partition coefficient (Wildman–Crippen LogP) is 1.50. The van der Waals surface area contributed by atoms with Crippen LogP contribution >= 0.6 is 0 Å². The number of carbonyl (C=O) groups is 1. The lowest BCUT2D eigenvalue weighted by atomic mass is 10.1. The van der Waals surface area contributed by atoms with Crippen LogP contribution in [0.1, 0.15) is 28.8 Å². The Hall–Kier alpha value is -1.35. The number of carbonyl (C=O) groups excluding carboxylic acids is 1. The Morgan fingerprint density at radius 2 is 2.29 bits per heavy atom. The molecule has 74 valence electrons. The van der Waals surface area contributed by atoms with Gasteiger partial charge in [-0.2, -0.15) is 0 Å². The second-order valence-electron chi connectivity index (χ2n) is 3.50. The Balaban J connectivity index is 2.20. The second-order valence-corrected chi connectivity index (χ2v) is 3.50. The third-order valence-electron chi connectivity index (χ3n) is 2.29. The molecule has 0 heterocycles. The molecule has 0 saturated heterocycles. The number of rotatable bonds is 4. The quantitative estimate of drug-likeness (QED) is 0.734. The van der Waals surface area contributed by atoms with Gasteiger partial charge in [-0.1, -0.05) is 0 Å². The molecular formula is C11H13NO2. The minimum absolute atomic E-state index is 0.371. The molecule has 1 aromatic carbocycles. The first-order valence-electron chi connectivity index (χ1n) is 4.78. The van der Waals surface area contributed by atoms with E-state index < -0.39 is 0 Å². The van der Waals surface area contributed by atoms with Gasteiger partial charge in [0.05, 0.1) is 6.10 Å². The fourth-order valence-corrected chi connectivity index (χ4v) is 1.33. The summed E-state index contributed by atoms with van der Waals surface area (Å²) in [5.41, 5.74) is 7.02. The molecule has 1 aromatic rings. The maximum absolute atomic E-state index is 10.6. The third-order valence-corrected chi connectivity index (χ3v) is 2.29. The van der Waals surface area contributed by atoms with E-state index >= 15 is 0 Å². The van der Waals surface area contributed by atoms with Crippen LogP contribution < -0.4 is 10.5 Å². The smallest absolute Gasteiger partial charge is 0.150 e. The van der Waals surface area contributed by atoms with E-state index in [9.17, 15) is 4.79 Å². The van der Waals surface area contributed by atoms with E-state index in [0.717, 1.165) is 30.4 Å². The predicted molar refractivity (Wildman–Crippen MR) is 53.4 cm³/mol. The van der Waals surface area contributed by atoms with Crippen LogP contribution in [0.3, 0.4) is 0 Å². The summed E-state index contributed by atoms with van der Waals surface area (Å²) in [5.74, 6) is 0.818. The fourth-order valence-electron chi connectivity index (χ4n) is 1.33. The molecule has 0 spiro atoms. The maximum Gasteiger partial charge on any atom is 0.150 e. The zero-order valence-electron chi connectivity index (χ0n) is 7.90. The van der Waals surface area contributed by atoms with Gasteiger partial charge in [-0.25, -0.2) is 0 Å². The topological polar surface area (TPSA) is 52.3 Å². The molecule has 0 aromatic heterocycles. The van der Waals surface area contributed by atoms with Crippen molar-refractivity contribution in [2.45, 2.75) is 25.5 Å². The Morgan fingerprint density at radius 3 is 2.86 bits per heavy atom. The molecule has 0 unspecified atom stereocenters. The van der Waals surface area contributed by atoms with Gasteiger partial charge in [0.15, 0.2) is 0 Å². The molecule has 2 rings (SSSR count). The standard InChI is InChI=1S/C11H13NO2/c12-6-9-5-11(14-10-3-4-10)2-1-8(9)7-13/h1-2,5,7,10H,3-4,6,12H2. The molecule has 1 saturated carbocycles. The van der Waals surface area contributed by atoms with E-state index in [4.69, 9.17) is 10.5 Å². The largest absolute Gasteiger partial charge is 0.490 e. The van der Waals surface area contributed by atoms with E-state index in [-0.39, 0.29) is 0 Å². The van der Waals surface area contributed by atoms with Crippen molar-refractivity contribution in [3.63, 3.8) is 0 Å². The summed E-state index contributed by atoms with van der Waals surface area (Å²) in [5, 5.41) is 0. The lowest BCUT2D eigenvalue weighted by molar-refractivity contribution is 0.112. The SMILES string of the molecule is NCc1cc(OC2CC2)ccc1C=O. The van der Waals surface area contributed by atoms with E-state index in [2.05, 4.69) is 0 Å². The van der Waals surface area contributed by atoms with Gasteiger partial charge in [-0.05, 0) is 36.6 Å². The number of hydrogen-bond acceptors (Lipinski definition) is 3. The zero-order valence-corrected chi connectivity index (χ0v) is 7.90. The fraction of sp³-hybridized carbons (Fsp3) is 0.364. The van der Waals surface area contributed by atoms with Gasteiger partial charge in [0.2, 0.25) is 0 Å². The summed E-state index contributed by atoms with van der Waals surface area (Å²) >= 11 is 0.